The molecule has 114 valence electrons. The van der Waals surface area contributed by atoms with Crippen molar-refractivity contribution in [2.45, 2.75) is 18.9 Å². The van der Waals surface area contributed by atoms with Crippen LogP contribution in [0.25, 0.3) is 0 Å². The number of likely N-dealkylation sites (tertiary alicyclic amines) is 2. The smallest absolute Gasteiger partial charge is 0.254 e. The van der Waals surface area contributed by atoms with Gasteiger partial charge >= 0.3 is 0 Å². The Morgan fingerprint density at radius 3 is 2.81 bits per heavy atom. The van der Waals surface area contributed by atoms with Gasteiger partial charge in [0.05, 0.1) is 12.1 Å². The van der Waals surface area contributed by atoms with Gasteiger partial charge in [-0.25, -0.2) is 0 Å². The van der Waals surface area contributed by atoms with E-state index >= 15 is 0 Å². The van der Waals surface area contributed by atoms with Crippen molar-refractivity contribution in [3.8, 4) is 0 Å². The van der Waals surface area contributed by atoms with E-state index in [4.69, 9.17) is 4.74 Å². The van der Waals surface area contributed by atoms with Crippen LogP contribution in [0.4, 0.5) is 0 Å². The van der Waals surface area contributed by atoms with Crippen LogP contribution in [0.3, 0.4) is 0 Å². The van der Waals surface area contributed by atoms with E-state index in [-0.39, 0.29) is 11.4 Å². The van der Waals surface area contributed by atoms with Gasteiger partial charge in [-0.1, -0.05) is 0 Å². The van der Waals surface area contributed by atoms with Gasteiger partial charge in [0, 0.05) is 44.2 Å². The Hall–Kier alpha value is -1.46. The van der Waals surface area contributed by atoms with Gasteiger partial charge in [0.1, 0.15) is 0 Å². The first kappa shape index (κ1) is 14.5. The molecule has 0 radical (unpaired) electrons. The van der Waals surface area contributed by atoms with E-state index in [1.54, 1.807) is 24.5 Å². The first-order valence-corrected chi connectivity index (χ1v) is 7.63. The lowest BCUT2D eigenvalue weighted by Crippen LogP contribution is -2.68. The van der Waals surface area contributed by atoms with Crippen molar-refractivity contribution < 1.29 is 9.53 Å². The number of hydrogen-bond acceptors (Lipinski definition) is 4. The van der Waals surface area contributed by atoms with Gasteiger partial charge in [-0.05, 0) is 38.4 Å². The SMILES string of the molecule is CCOCC1CN(C)C2(C1)CN(C(=O)c1ccncc1)C2. The molecule has 2 aliphatic heterocycles. The number of hydrogen-bond donors (Lipinski definition) is 0. The van der Waals surface area contributed by atoms with Gasteiger partial charge in [0.25, 0.3) is 5.91 Å². The summed E-state index contributed by atoms with van der Waals surface area (Å²) in [6.45, 7) is 6.37. The largest absolute Gasteiger partial charge is 0.381 e. The third-order valence-electron chi connectivity index (χ3n) is 4.75. The summed E-state index contributed by atoms with van der Waals surface area (Å²) < 4.78 is 5.56. The van der Waals surface area contributed by atoms with Crippen molar-refractivity contribution >= 4 is 5.91 Å². The fourth-order valence-electron chi connectivity index (χ4n) is 3.59. The molecule has 1 amide bonds. The Morgan fingerprint density at radius 2 is 2.14 bits per heavy atom. The highest BCUT2D eigenvalue weighted by atomic mass is 16.5. The Labute approximate surface area is 125 Å². The lowest BCUT2D eigenvalue weighted by Gasteiger charge is -2.52. The molecule has 1 aromatic heterocycles. The van der Waals surface area contributed by atoms with E-state index < -0.39 is 0 Å². The highest BCUT2D eigenvalue weighted by molar-refractivity contribution is 5.94. The third kappa shape index (κ3) is 2.68. The predicted octanol–water partition coefficient (Wildman–Crippen LogP) is 1.26. The van der Waals surface area contributed by atoms with Crippen LogP contribution in [0.15, 0.2) is 24.5 Å². The van der Waals surface area contributed by atoms with Crippen LogP contribution in [0, 0.1) is 5.92 Å². The summed E-state index contributed by atoms with van der Waals surface area (Å²) in [5.74, 6) is 0.706. The normalized spacial score (nSPS) is 24.3. The van der Waals surface area contributed by atoms with Crippen molar-refractivity contribution in [1.29, 1.82) is 0 Å². The number of rotatable bonds is 4. The van der Waals surface area contributed by atoms with Crippen LogP contribution < -0.4 is 0 Å². The first-order chi connectivity index (χ1) is 10.1. The molecule has 1 spiro atoms. The number of carbonyl (C=O) groups is 1. The van der Waals surface area contributed by atoms with Crippen LogP contribution in [0.2, 0.25) is 0 Å². The van der Waals surface area contributed by atoms with Crippen molar-refractivity contribution in [3.05, 3.63) is 30.1 Å². The molecule has 0 aliphatic carbocycles. The monoisotopic (exact) mass is 289 g/mol. The first-order valence-electron chi connectivity index (χ1n) is 7.63. The molecule has 0 N–H and O–H groups in total. The van der Waals surface area contributed by atoms with E-state index in [1.807, 2.05) is 11.8 Å². The zero-order chi connectivity index (χ0) is 14.9. The molecule has 2 fully saturated rings. The minimum absolute atomic E-state index is 0.115. The Balaban J connectivity index is 1.58. The Kier molecular flexibility index (Phi) is 3.95. The third-order valence-corrected chi connectivity index (χ3v) is 4.75. The average Bonchev–Trinajstić information content (AvgIpc) is 2.80. The maximum atomic E-state index is 12.4. The van der Waals surface area contributed by atoms with Crippen molar-refractivity contribution in [2.75, 3.05) is 39.9 Å². The minimum Gasteiger partial charge on any atom is -0.381 e. The van der Waals surface area contributed by atoms with Crippen LogP contribution in [-0.4, -0.2) is 66.1 Å². The highest BCUT2D eigenvalue weighted by Crippen LogP contribution is 2.39. The average molecular weight is 289 g/mol. The molecule has 3 rings (SSSR count). The molecule has 2 saturated heterocycles. The zero-order valence-electron chi connectivity index (χ0n) is 12.8. The fourth-order valence-corrected chi connectivity index (χ4v) is 3.59. The van der Waals surface area contributed by atoms with Gasteiger partial charge in [0.15, 0.2) is 0 Å². The van der Waals surface area contributed by atoms with E-state index in [0.29, 0.717) is 5.92 Å². The number of likely N-dealkylation sites (N-methyl/N-ethyl adjacent to an activating group) is 1. The van der Waals surface area contributed by atoms with Crippen LogP contribution >= 0.6 is 0 Å². The lowest BCUT2D eigenvalue weighted by atomic mass is 9.84. The summed E-state index contributed by atoms with van der Waals surface area (Å²) in [4.78, 5) is 20.7. The lowest BCUT2D eigenvalue weighted by molar-refractivity contribution is -0.00794. The van der Waals surface area contributed by atoms with Gasteiger partial charge in [-0.3, -0.25) is 14.7 Å². The number of ether oxygens (including phenoxy) is 1. The summed E-state index contributed by atoms with van der Waals surface area (Å²) in [6.07, 6.45) is 4.47. The standard InChI is InChI=1S/C16H23N3O2/c1-3-21-10-13-8-16(18(2)9-13)11-19(12-16)15(20)14-4-6-17-7-5-14/h4-7,13H,3,8-12H2,1-2H3. The van der Waals surface area contributed by atoms with Gasteiger partial charge < -0.3 is 9.64 Å². The van der Waals surface area contributed by atoms with Crippen LogP contribution in [-0.2, 0) is 4.74 Å². The topological polar surface area (TPSA) is 45.7 Å². The minimum atomic E-state index is 0.115. The summed E-state index contributed by atoms with van der Waals surface area (Å²) in [5, 5.41) is 0. The van der Waals surface area contributed by atoms with Gasteiger partial charge in [-0.15, -0.1) is 0 Å². The molecule has 0 bridgehead atoms. The predicted molar refractivity (Wildman–Crippen MR) is 80.1 cm³/mol. The molecule has 1 unspecified atom stereocenters. The molecule has 3 heterocycles. The summed E-state index contributed by atoms with van der Waals surface area (Å²) in [5.41, 5.74) is 0.899. The van der Waals surface area contributed by atoms with Gasteiger partial charge in [0.2, 0.25) is 0 Å². The molecule has 0 aromatic carbocycles. The summed E-state index contributed by atoms with van der Waals surface area (Å²) in [7, 11) is 2.17. The molecule has 2 aliphatic rings. The number of pyridine rings is 1. The maximum Gasteiger partial charge on any atom is 0.254 e. The van der Waals surface area contributed by atoms with Crippen molar-refractivity contribution in [3.63, 3.8) is 0 Å². The zero-order valence-corrected chi connectivity index (χ0v) is 12.8. The second-order valence-corrected chi connectivity index (χ2v) is 6.23. The number of amides is 1. The maximum absolute atomic E-state index is 12.4. The summed E-state index contributed by atoms with van der Waals surface area (Å²) >= 11 is 0. The van der Waals surface area contributed by atoms with Gasteiger partial charge in [-0.2, -0.15) is 0 Å². The highest BCUT2D eigenvalue weighted by Gasteiger charge is 2.53. The molecule has 1 atom stereocenters. The van der Waals surface area contributed by atoms with E-state index in [1.165, 1.54) is 0 Å². The van der Waals surface area contributed by atoms with E-state index in [2.05, 4.69) is 16.9 Å². The second-order valence-electron chi connectivity index (χ2n) is 6.23. The Morgan fingerprint density at radius 1 is 1.43 bits per heavy atom. The molecule has 21 heavy (non-hydrogen) atoms. The summed E-state index contributed by atoms with van der Waals surface area (Å²) in [6, 6.07) is 3.56. The fraction of sp³-hybridized carbons (Fsp3) is 0.625. The molecular weight excluding hydrogens is 266 g/mol. The number of carbonyl (C=O) groups excluding carboxylic acids is 1. The quantitative estimate of drug-likeness (QED) is 0.837. The molecule has 1 aromatic rings. The molecule has 0 saturated carbocycles. The molecule has 5 heteroatoms. The van der Waals surface area contributed by atoms with Crippen molar-refractivity contribution in [2.24, 2.45) is 5.92 Å². The van der Waals surface area contributed by atoms with E-state index in [0.717, 1.165) is 44.8 Å². The second kappa shape index (κ2) is 5.73. The number of aromatic nitrogens is 1. The van der Waals surface area contributed by atoms with E-state index in [9.17, 15) is 4.79 Å². The van der Waals surface area contributed by atoms with Crippen LogP contribution in [0.1, 0.15) is 23.7 Å². The van der Waals surface area contributed by atoms with Crippen LogP contribution in [0.5, 0.6) is 0 Å². The number of nitrogens with zero attached hydrogens (tertiary/aromatic N) is 3. The molecular formula is C16H23N3O2. The van der Waals surface area contributed by atoms with Crippen molar-refractivity contribution in [1.82, 2.24) is 14.8 Å². The Bertz CT molecular complexity index is 500. The molecule has 5 nitrogen and oxygen atoms in total.